The Labute approximate surface area is 120 Å². The highest BCUT2D eigenvalue weighted by molar-refractivity contribution is 9.10. The molecular formula is C15H14BrFO2. The van der Waals surface area contributed by atoms with E-state index < -0.39 is 0 Å². The standard InChI is InChI=1S/C15H14BrFO2/c1-18-13-6-2-4-11(8-13)9-19-10-12-5-3-7-14(17)15(12)16/h2-8H,9-10H2,1H3. The first-order chi connectivity index (χ1) is 9.20. The number of ether oxygens (including phenoxy) is 2. The van der Waals surface area contributed by atoms with Gasteiger partial charge in [-0.05, 0) is 45.3 Å². The van der Waals surface area contributed by atoms with Crippen molar-refractivity contribution in [3.63, 3.8) is 0 Å². The molecule has 0 atom stereocenters. The fourth-order valence-corrected chi connectivity index (χ4v) is 2.08. The highest BCUT2D eigenvalue weighted by Gasteiger charge is 2.05. The van der Waals surface area contributed by atoms with Gasteiger partial charge in [0.2, 0.25) is 0 Å². The third kappa shape index (κ3) is 3.78. The second-order valence-electron chi connectivity index (χ2n) is 4.06. The van der Waals surface area contributed by atoms with E-state index in [0.717, 1.165) is 16.9 Å². The van der Waals surface area contributed by atoms with Gasteiger partial charge in [0.05, 0.1) is 24.8 Å². The molecule has 0 radical (unpaired) electrons. The van der Waals surface area contributed by atoms with Crippen LogP contribution in [0.15, 0.2) is 46.9 Å². The highest BCUT2D eigenvalue weighted by Crippen LogP contribution is 2.21. The summed E-state index contributed by atoms with van der Waals surface area (Å²) >= 11 is 3.21. The lowest BCUT2D eigenvalue weighted by atomic mass is 10.2. The molecule has 0 saturated heterocycles. The molecule has 0 unspecified atom stereocenters. The zero-order chi connectivity index (χ0) is 13.7. The summed E-state index contributed by atoms with van der Waals surface area (Å²) in [6.07, 6.45) is 0. The van der Waals surface area contributed by atoms with Crippen LogP contribution >= 0.6 is 15.9 Å². The third-order valence-corrected chi connectivity index (χ3v) is 3.58. The molecule has 0 aliphatic rings. The Kier molecular flexibility index (Phi) is 4.93. The van der Waals surface area contributed by atoms with Crippen molar-refractivity contribution in [3.8, 4) is 5.75 Å². The minimum absolute atomic E-state index is 0.275. The average Bonchev–Trinajstić information content (AvgIpc) is 2.44. The largest absolute Gasteiger partial charge is 0.497 e. The lowest BCUT2D eigenvalue weighted by Crippen LogP contribution is -1.96. The summed E-state index contributed by atoms with van der Waals surface area (Å²) in [5, 5.41) is 0. The molecule has 2 rings (SSSR count). The molecule has 0 fully saturated rings. The van der Waals surface area contributed by atoms with Gasteiger partial charge in [-0.15, -0.1) is 0 Å². The Bertz CT molecular complexity index is 558. The number of hydrogen-bond donors (Lipinski definition) is 0. The van der Waals surface area contributed by atoms with Crippen LogP contribution in [0, 0.1) is 5.82 Å². The summed E-state index contributed by atoms with van der Waals surface area (Å²) in [7, 11) is 1.63. The van der Waals surface area contributed by atoms with E-state index in [2.05, 4.69) is 15.9 Å². The minimum atomic E-state index is -0.275. The van der Waals surface area contributed by atoms with Gasteiger partial charge >= 0.3 is 0 Å². The summed E-state index contributed by atoms with van der Waals surface area (Å²) in [5.74, 6) is 0.524. The van der Waals surface area contributed by atoms with E-state index in [0.29, 0.717) is 17.7 Å². The first kappa shape index (κ1) is 14.0. The van der Waals surface area contributed by atoms with Crippen molar-refractivity contribution >= 4 is 15.9 Å². The Morgan fingerprint density at radius 3 is 2.68 bits per heavy atom. The average molecular weight is 325 g/mol. The lowest BCUT2D eigenvalue weighted by Gasteiger charge is -2.08. The first-order valence-corrected chi connectivity index (χ1v) is 6.63. The first-order valence-electron chi connectivity index (χ1n) is 5.84. The molecule has 2 aromatic rings. The molecule has 0 saturated carbocycles. The number of rotatable bonds is 5. The normalized spacial score (nSPS) is 10.5. The number of hydrogen-bond acceptors (Lipinski definition) is 2. The maximum atomic E-state index is 13.3. The molecule has 19 heavy (non-hydrogen) atoms. The Morgan fingerprint density at radius 1 is 1.11 bits per heavy atom. The topological polar surface area (TPSA) is 18.5 Å². The zero-order valence-electron chi connectivity index (χ0n) is 10.5. The van der Waals surface area contributed by atoms with Gasteiger partial charge in [-0.3, -0.25) is 0 Å². The van der Waals surface area contributed by atoms with E-state index in [1.807, 2.05) is 30.3 Å². The second kappa shape index (κ2) is 6.68. The van der Waals surface area contributed by atoms with Gasteiger partial charge in [0.15, 0.2) is 0 Å². The van der Waals surface area contributed by atoms with Crippen LogP contribution < -0.4 is 4.74 Å². The molecule has 0 bridgehead atoms. The van der Waals surface area contributed by atoms with Crippen molar-refractivity contribution in [3.05, 3.63) is 63.9 Å². The van der Waals surface area contributed by atoms with E-state index in [-0.39, 0.29) is 5.82 Å². The van der Waals surface area contributed by atoms with Crippen LogP contribution in [0.2, 0.25) is 0 Å². The van der Waals surface area contributed by atoms with Crippen LogP contribution in [0.25, 0.3) is 0 Å². The molecule has 0 N–H and O–H groups in total. The predicted octanol–water partition coefficient (Wildman–Crippen LogP) is 4.31. The van der Waals surface area contributed by atoms with Crippen LogP contribution in [0.5, 0.6) is 5.75 Å². The van der Waals surface area contributed by atoms with Crippen molar-refractivity contribution in [1.29, 1.82) is 0 Å². The molecule has 0 heterocycles. The second-order valence-corrected chi connectivity index (χ2v) is 4.85. The molecule has 2 aromatic carbocycles. The minimum Gasteiger partial charge on any atom is -0.497 e. The van der Waals surface area contributed by atoms with E-state index in [1.165, 1.54) is 6.07 Å². The van der Waals surface area contributed by atoms with Gasteiger partial charge in [-0.1, -0.05) is 24.3 Å². The van der Waals surface area contributed by atoms with Gasteiger partial charge in [0, 0.05) is 0 Å². The molecular weight excluding hydrogens is 311 g/mol. The molecule has 2 nitrogen and oxygen atoms in total. The van der Waals surface area contributed by atoms with E-state index in [1.54, 1.807) is 13.2 Å². The summed E-state index contributed by atoms with van der Waals surface area (Å²) in [6, 6.07) is 12.6. The van der Waals surface area contributed by atoms with Crippen LogP contribution in [0.4, 0.5) is 4.39 Å². The summed E-state index contributed by atoms with van der Waals surface area (Å²) in [5.41, 5.74) is 1.81. The van der Waals surface area contributed by atoms with Gasteiger partial charge in [0.1, 0.15) is 11.6 Å². The number of methoxy groups -OCH3 is 1. The summed E-state index contributed by atoms with van der Waals surface area (Å²) < 4.78 is 24.5. The monoisotopic (exact) mass is 324 g/mol. The Balaban J connectivity index is 1.94. The van der Waals surface area contributed by atoms with Gasteiger partial charge < -0.3 is 9.47 Å². The summed E-state index contributed by atoms with van der Waals surface area (Å²) in [4.78, 5) is 0. The van der Waals surface area contributed by atoms with Gasteiger partial charge in [0.25, 0.3) is 0 Å². The summed E-state index contributed by atoms with van der Waals surface area (Å²) in [6.45, 7) is 0.815. The van der Waals surface area contributed by atoms with Gasteiger partial charge in [-0.25, -0.2) is 4.39 Å². The SMILES string of the molecule is COc1cccc(COCc2cccc(F)c2Br)c1. The molecule has 0 aliphatic heterocycles. The van der Waals surface area contributed by atoms with Gasteiger partial charge in [-0.2, -0.15) is 0 Å². The van der Waals surface area contributed by atoms with Crippen LogP contribution in [0.3, 0.4) is 0 Å². The van der Waals surface area contributed by atoms with E-state index >= 15 is 0 Å². The van der Waals surface area contributed by atoms with Crippen molar-refractivity contribution in [1.82, 2.24) is 0 Å². The molecule has 100 valence electrons. The smallest absolute Gasteiger partial charge is 0.137 e. The fraction of sp³-hybridized carbons (Fsp3) is 0.200. The third-order valence-electron chi connectivity index (χ3n) is 2.69. The molecule has 0 amide bonds. The van der Waals surface area contributed by atoms with E-state index in [4.69, 9.17) is 9.47 Å². The Hall–Kier alpha value is -1.39. The predicted molar refractivity (Wildman–Crippen MR) is 75.6 cm³/mol. The molecule has 0 aromatic heterocycles. The van der Waals surface area contributed by atoms with Crippen LogP contribution in [-0.2, 0) is 18.0 Å². The maximum Gasteiger partial charge on any atom is 0.137 e. The fourth-order valence-electron chi connectivity index (χ4n) is 1.70. The molecule has 0 aliphatic carbocycles. The highest BCUT2D eigenvalue weighted by atomic mass is 79.9. The van der Waals surface area contributed by atoms with Crippen molar-refractivity contribution in [2.45, 2.75) is 13.2 Å². The maximum absolute atomic E-state index is 13.3. The van der Waals surface area contributed by atoms with Crippen molar-refractivity contribution in [2.75, 3.05) is 7.11 Å². The molecule has 4 heteroatoms. The number of halogens is 2. The van der Waals surface area contributed by atoms with Crippen molar-refractivity contribution in [2.24, 2.45) is 0 Å². The number of benzene rings is 2. The zero-order valence-corrected chi connectivity index (χ0v) is 12.1. The quantitative estimate of drug-likeness (QED) is 0.815. The van der Waals surface area contributed by atoms with Crippen LogP contribution in [0.1, 0.15) is 11.1 Å². The molecule has 0 spiro atoms. The Morgan fingerprint density at radius 2 is 1.89 bits per heavy atom. The van der Waals surface area contributed by atoms with E-state index in [9.17, 15) is 4.39 Å². The van der Waals surface area contributed by atoms with Crippen molar-refractivity contribution < 1.29 is 13.9 Å². The lowest BCUT2D eigenvalue weighted by molar-refractivity contribution is 0.106. The van der Waals surface area contributed by atoms with Crippen LogP contribution in [-0.4, -0.2) is 7.11 Å².